The number of likely N-dealkylation sites (N-methyl/N-ethyl adjacent to an activating group) is 1. The summed E-state index contributed by atoms with van der Waals surface area (Å²) in [6, 6.07) is 6.13. The zero-order valence-electron chi connectivity index (χ0n) is 14.7. The number of ether oxygens (including phenoxy) is 1. The van der Waals surface area contributed by atoms with Crippen LogP contribution < -0.4 is 4.90 Å². The van der Waals surface area contributed by atoms with Crippen molar-refractivity contribution < 1.29 is 9.53 Å². The van der Waals surface area contributed by atoms with Crippen molar-refractivity contribution in [2.24, 2.45) is 0 Å². The van der Waals surface area contributed by atoms with E-state index in [0.29, 0.717) is 0 Å². The van der Waals surface area contributed by atoms with Crippen molar-refractivity contribution in [3.05, 3.63) is 28.8 Å². The number of carbonyl (C=O) groups excluding carboxylic acids is 1. The van der Waals surface area contributed by atoms with Gasteiger partial charge in [0.25, 0.3) is 0 Å². The summed E-state index contributed by atoms with van der Waals surface area (Å²) in [6.07, 6.45) is 1.80. The van der Waals surface area contributed by atoms with Crippen molar-refractivity contribution in [2.75, 3.05) is 25.0 Å². The largest absolute Gasteiger partial charge is 0.444 e. The van der Waals surface area contributed by atoms with E-state index in [9.17, 15) is 4.79 Å². The molecule has 1 fully saturated rings. The van der Waals surface area contributed by atoms with E-state index in [-0.39, 0.29) is 12.1 Å². The number of hydrogen-bond acceptors (Lipinski definition) is 3. The highest BCUT2D eigenvalue weighted by molar-refractivity contribution is 6.30. The third-order valence-electron chi connectivity index (χ3n) is 4.13. The number of halogens is 1. The molecule has 1 saturated heterocycles. The number of hydrogen-bond donors (Lipinski definition) is 0. The normalized spacial score (nSPS) is 18.7. The lowest BCUT2D eigenvalue weighted by atomic mass is 10.0. The molecule has 0 bridgehead atoms. The predicted octanol–water partition coefficient (Wildman–Crippen LogP) is 4.48. The number of amides is 1. The highest BCUT2D eigenvalue weighted by Gasteiger charge is 2.29. The molecule has 4 nitrogen and oxygen atoms in total. The Morgan fingerprint density at radius 3 is 2.70 bits per heavy atom. The molecule has 0 radical (unpaired) electrons. The molecule has 1 aromatic carbocycles. The average molecular weight is 339 g/mol. The van der Waals surface area contributed by atoms with Crippen LogP contribution in [0.25, 0.3) is 0 Å². The Bertz CT molecular complexity index is 569. The SMILES string of the molecule is Cc1cc(Cl)ccc1N1CCC[C@H](N(C)C(=O)OC(C)(C)C)C1. The Morgan fingerprint density at radius 2 is 2.09 bits per heavy atom. The third kappa shape index (κ3) is 4.77. The second kappa shape index (κ2) is 7.00. The molecule has 0 aliphatic carbocycles. The number of piperidine rings is 1. The van der Waals surface area contributed by atoms with E-state index in [4.69, 9.17) is 16.3 Å². The lowest BCUT2D eigenvalue weighted by molar-refractivity contribution is 0.0210. The van der Waals surface area contributed by atoms with E-state index in [1.165, 1.54) is 5.69 Å². The minimum absolute atomic E-state index is 0.161. The van der Waals surface area contributed by atoms with E-state index in [1.807, 2.05) is 40.0 Å². The first-order chi connectivity index (χ1) is 10.7. The Hall–Kier alpha value is -1.42. The highest BCUT2D eigenvalue weighted by Crippen LogP contribution is 2.27. The smallest absolute Gasteiger partial charge is 0.410 e. The van der Waals surface area contributed by atoms with Crippen molar-refractivity contribution in [3.63, 3.8) is 0 Å². The van der Waals surface area contributed by atoms with Crippen molar-refractivity contribution in [3.8, 4) is 0 Å². The van der Waals surface area contributed by atoms with Crippen LogP contribution in [-0.4, -0.2) is 42.8 Å². The van der Waals surface area contributed by atoms with Crippen LogP contribution in [-0.2, 0) is 4.74 Å². The molecule has 0 aromatic heterocycles. The fourth-order valence-electron chi connectivity index (χ4n) is 2.95. The zero-order chi connectivity index (χ0) is 17.2. The van der Waals surface area contributed by atoms with Crippen LogP contribution in [0.3, 0.4) is 0 Å². The summed E-state index contributed by atoms with van der Waals surface area (Å²) in [5, 5.41) is 0.755. The summed E-state index contributed by atoms with van der Waals surface area (Å²) in [6.45, 7) is 9.57. The molecular weight excluding hydrogens is 312 g/mol. The van der Waals surface area contributed by atoms with Gasteiger partial charge in [0.15, 0.2) is 0 Å². The van der Waals surface area contributed by atoms with Gasteiger partial charge in [0.2, 0.25) is 0 Å². The fraction of sp³-hybridized carbons (Fsp3) is 0.611. The Labute approximate surface area is 144 Å². The van der Waals surface area contributed by atoms with Gasteiger partial charge in [-0.3, -0.25) is 0 Å². The average Bonchev–Trinajstić information content (AvgIpc) is 2.44. The van der Waals surface area contributed by atoms with E-state index in [2.05, 4.69) is 17.9 Å². The van der Waals surface area contributed by atoms with Gasteiger partial charge in [-0.25, -0.2) is 4.79 Å². The monoisotopic (exact) mass is 338 g/mol. The summed E-state index contributed by atoms with van der Waals surface area (Å²) < 4.78 is 5.48. The van der Waals surface area contributed by atoms with Crippen LogP contribution in [0.5, 0.6) is 0 Å². The molecule has 1 amide bonds. The van der Waals surface area contributed by atoms with Crippen molar-refractivity contribution >= 4 is 23.4 Å². The maximum atomic E-state index is 12.3. The first kappa shape index (κ1) is 17.9. The van der Waals surface area contributed by atoms with Gasteiger partial charge in [-0.05, 0) is 64.3 Å². The van der Waals surface area contributed by atoms with Gasteiger partial charge >= 0.3 is 6.09 Å². The highest BCUT2D eigenvalue weighted by atomic mass is 35.5. The summed E-state index contributed by atoms with van der Waals surface area (Å²) in [7, 11) is 1.83. The van der Waals surface area contributed by atoms with Crippen LogP contribution in [0.4, 0.5) is 10.5 Å². The molecule has 1 heterocycles. The molecule has 0 N–H and O–H groups in total. The Kier molecular flexibility index (Phi) is 5.45. The maximum Gasteiger partial charge on any atom is 0.410 e. The molecule has 1 aliphatic heterocycles. The first-order valence-corrected chi connectivity index (χ1v) is 8.52. The maximum absolute atomic E-state index is 12.3. The minimum Gasteiger partial charge on any atom is -0.444 e. The number of aryl methyl sites for hydroxylation is 1. The zero-order valence-corrected chi connectivity index (χ0v) is 15.5. The Morgan fingerprint density at radius 1 is 1.39 bits per heavy atom. The Balaban J connectivity index is 2.07. The van der Waals surface area contributed by atoms with Crippen molar-refractivity contribution in [2.45, 2.75) is 52.2 Å². The molecule has 23 heavy (non-hydrogen) atoms. The fourth-order valence-corrected chi connectivity index (χ4v) is 3.17. The molecule has 0 unspecified atom stereocenters. The lowest BCUT2D eigenvalue weighted by Gasteiger charge is -2.39. The number of rotatable bonds is 2. The molecule has 2 rings (SSSR count). The third-order valence-corrected chi connectivity index (χ3v) is 4.36. The quantitative estimate of drug-likeness (QED) is 0.796. The molecule has 1 aromatic rings. The van der Waals surface area contributed by atoms with Gasteiger partial charge < -0.3 is 14.5 Å². The molecule has 128 valence electrons. The van der Waals surface area contributed by atoms with Crippen LogP contribution in [0.1, 0.15) is 39.2 Å². The summed E-state index contributed by atoms with van der Waals surface area (Å²) in [4.78, 5) is 16.4. The van der Waals surface area contributed by atoms with Crippen LogP contribution >= 0.6 is 11.6 Å². The van der Waals surface area contributed by atoms with Gasteiger partial charge in [-0.15, -0.1) is 0 Å². The summed E-state index contributed by atoms with van der Waals surface area (Å²) in [5.74, 6) is 0. The van der Waals surface area contributed by atoms with E-state index >= 15 is 0 Å². The molecule has 1 aliphatic rings. The molecule has 0 saturated carbocycles. The van der Waals surface area contributed by atoms with Crippen molar-refractivity contribution in [1.82, 2.24) is 4.90 Å². The summed E-state index contributed by atoms with van der Waals surface area (Å²) in [5.41, 5.74) is 1.89. The minimum atomic E-state index is -0.466. The van der Waals surface area contributed by atoms with Gasteiger partial charge in [0.1, 0.15) is 5.60 Å². The van der Waals surface area contributed by atoms with E-state index < -0.39 is 5.60 Å². The number of anilines is 1. The van der Waals surface area contributed by atoms with E-state index in [0.717, 1.165) is 36.5 Å². The van der Waals surface area contributed by atoms with Crippen LogP contribution in [0, 0.1) is 6.92 Å². The second-order valence-electron chi connectivity index (χ2n) is 7.26. The number of nitrogens with zero attached hydrogens (tertiary/aromatic N) is 2. The van der Waals surface area contributed by atoms with Gasteiger partial charge in [-0.2, -0.15) is 0 Å². The topological polar surface area (TPSA) is 32.8 Å². The summed E-state index contributed by atoms with van der Waals surface area (Å²) >= 11 is 6.05. The molecule has 1 atom stereocenters. The first-order valence-electron chi connectivity index (χ1n) is 8.14. The lowest BCUT2D eigenvalue weighted by Crippen LogP contribution is -2.50. The number of benzene rings is 1. The standard InChI is InChI=1S/C18H27ClN2O2/c1-13-11-14(19)8-9-16(13)21-10-6-7-15(12-21)20(5)17(22)23-18(2,3)4/h8-9,11,15H,6-7,10,12H2,1-5H3/t15-/m0/s1. The molecular formula is C18H27ClN2O2. The second-order valence-corrected chi connectivity index (χ2v) is 7.70. The molecule has 0 spiro atoms. The van der Waals surface area contributed by atoms with E-state index in [1.54, 1.807) is 4.90 Å². The predicted molar refractivity (Wildman–Crippen MR) is 95.4 cm³/mol. The van der Waals surface area contributed by atoms with Gasteiger partial charge in [-0.1, -0.05) is 11.6 Å². The van der Waals surface area contributed by atoms with Crippen LogP contribution in [0.2, 0.25) is 5.02 Å². The number of carbonyl (C=O) groups is 1. The molecule has 5 heteroatoms. The van der Waals surface area contributed by atoms with Gasteiger partial charge in [0, 0.05) is 30.8 Å². The van der Waals surface area contributed by atoms with Gasteiger partial charge in [0.05, 0.1) is 6.04 Å². The van der Waals surface area contributed by atoms with Crippen molar-refractivity contribution in [1.29, 1.82) is 0 Å². The van der Waals surface area contributed by atoms with Crippen LogP contribution in [0.15, 0.2) is 18.2 Å².